The maximum Gasteiger partial charge on any atom is 0.243 e. The van der Waals surface area contributed by atoms with Crippen LogP contribution in [0.1, 0.15) is 64.2 Å². The molecule has 1 heterocycles. The summed E-state index contributed by atoms with van der Waals surface area (Å²) < 4.78 is 33.0. The van der Waals surface area contributed by atoms with E-state index < -0.39 is 10.0 Å². The molecule has 1 saturated carbocycles. The summed E-state index contributed by atoms with van der Waals surface area (Å²) in [6.07, 6.45) is 9.62. The molecular weight excluding hydrogens is 376 g/mol. The van der Waals surface area contributed by atoms with Crippen molar-refractivity contribution < 1.29 is 17.9 Å². The first-order valence-corrected chi connectivity index (χ1v) is 11.9. The van der Waals surface area contributed by atoms with Gasteiger partial charge < -0.3 is 10.1 Å². The number of rotatable bonds is 6. The molecule has 0 unspecified atom stereocenters. The highest BCUT2D eigenvalue weighted by Crippen LogP contribution is 2.28. The zero-order valence-corrected chi connectivity index (χ0v) is 17.5. The van der Waals surface area contributed by atoms with E-state index in [-0.39, 0.29) is 29.3 Å². The van der Waals surface area contributed by atoms with Gasteiger partial charge in [0.15, 0.2) is 0 Å². The van der Waals surface area contributed by atoms with Gasteiger partial charge in [-0.05, 0) is 49.9 Å². The number of nitrogens with zero attached hydrogens (tertiary/aromatic N) is 1. The van der Waals surface area contributed by atoms with Crippen LogP contribution in [-0.4, -0.2) is 44.4 Å². The van der Waals surface area contributed by atoms with Gasteiger partial charge in [0.05, 0.1) is 12.0 Å². The van der Waals surface area contributed by atoms with Gasteiger partial charge in [0.2, 0.25) is 15.9 Å². The number of hydrogen-bond acceptors (Lipinski definition) is 4. The fourth-order valence-electron chi connectivity index (χ4n) is 4.30. The molecule has 1 aromatic rings. The summed E-state index contributed by atoms with van der Waals surface area (Å²) in [6, 6.07) is 6.43. The molecule has 1 atom stereocenters. The maximum absolute atomic E-state index is 13.2. The van der Waals surface area contributed by atoms with Crippen molar-refractivity contribution in [3.8, 4) is 5.75 Å². The largest absolute Gasteiger partial charge is 0.497 e. The third-order valence-corrected chi connectivity index (χ3v) is 7.85. The van der Waals surface area contributed by atoms with E-state index in [1.54, 1.807) is 31.4 Å². The van der Waals surface area contributed by atoms with E-state index >= 15 is 0 Å². The molecule has 0 bridgehead atoms. The normalized spacial score (nSPS) is 22.4. The number of benzene rings is 1. The summed E-state index contributed by atoms with van der Waals surface area (Å²) in [5.41, 5.74) is 0. The number of carbonyl (C=O) groups is 1. The van der Waals surface area contributed by atoms with E-state index in [9.17, 15) is 13.2 Å². The number of hydrogen-bond donors (Lipinski definition) is 1. The summed E-state index contributed by atoms with van der Waals surface area (Å²) in [5.74, 6) is 0.602. The summed E-state index contributed by atoms with van der Waals surface area (Å²) in [5, 5.41) is 3.16. The van der Waals surface area contributed by atoms with Gasteiger partial charge in [0, 0.05) is 25.0 Å². The number of sulfonamides is 1. The molecule has 1 saturated heterocycles. The number of nitrogens with one attached hydrogen (secondary N) is 1. The van der Waals surface area contributed by atoms with Crippen molar-refractivity contribution in [2.75, 3.05) is 13.7 Å². The SMILES string of the molecule is COc1ccc(S(=O)(=O)N2CCCC[C@H]2CC(=O)NC2CCCCCC2)cc1. The van der Waals surface area contributed by atoms with Crippen LogP contribution in [0.5, 0.6) is 5.75 Å². The van der Waals surface area contributed by atoms with Crippen LogP contribution in [0, 0.1) is 0 Å². The molecule has 0 spiro atoms. The minimum Gasteiger partial charge on any atom is -0.497 e. The lowest BCUT2D eigenvalue weighted by atomic mass is 10.0. The topological polar surface area (TPSA) is 75.7 Å². The molecule has 0 aromatic heterocycles. The molecular formula is C21H32N2O4S. The van der Waals surface area contributed by atoms with Gasteiger partial charge in [-0.25, -0.2) is 8.42 Å². The van der Waals surface area contributed by atoms with Crippen LogP contribution < -0.4 is 10.1 Å². The number of piperidine rings is 1. The first-order valence-electron chi connectivity index (χ1n) is 10.5. The Morgan fingerprint density at radius 3 is 2.32 bits per heavy atom. The minimum absolute atomic E-state index is 0.0197. The van der Waals surface area contributed by atoms with Crippen LogP contribution in [0.25, 0.3) is 0 Å². The lowest BCUT2D eigenvalue weighted by Crippen LogP contribution is -2.47. The van der Waals surface area contributed by atoms with Gasteiger partial charge in [-0.15, -0.1) is 0 Å². The van der Waals surface area contributed by atoms with Crippen molar-refractivity contribution in [1.29, 1.82) is 0 Å². The van der Waals surface area contributed by atoms with E-state index in [0.717, 1.165) is 44.9 Å². The van der Waals surface area contributed by atoms with Gasteiger partial charge >= 0.3 is 0 Å². The van der Waals surface area contributed by atoms with Gasteiger partial charge in [0.25, 0.3) is 0 Å². The summed E-state index contributed by atoms with van der Waals surface area (Å²) in [4.78, 5) is 12.9. The summed E-state index contributed by atoms with van der Waals surface area (Å²) in [6.45, 7) is 0.468. The van der Waals surface area contributed by atoms with E-state index in [2.05, 4.69) is 5.32 Å². The average molecular weight is 409 g/mol. The molecule has 28 heavy (non-hydrogen) atoms. The summed E-state index contributed by atoms with van der Waals surface area (Å²) in [7, 11) is -2.07. The highest BCUT2D eigenvalue weighted by atomic mass is 32.2. The molecule has 3 rings (SSSR count). The van der Waals surface area contributed by atoms with Gasteiger partial charge in [-0.2, -0.15) is 4.31 Å². The van der Waals surface area contributed by atoms with Crippen LogP contribution in [0.4, 0.5) is 0 Å². The second-order valence-electron chi connectivity index (χ2n) is 7.90. The van der Waals surface area contributed by atoms with E-state index in [1.807, 2.05) is 0 Å². The van der Waals surface area contributed by atoms with Gasteiger partial charge in [-0.1, -0.05) is 32.1 Å². The standard InChI is InChI=1S/C21H32N2O4S/c1-27-19-11-13-20(14-12-19)28(25,26)23-15-7-6-10-18(23)16-21(24)22-17-8-4-2-3-5-9-17/h11-14,17-18H,2-10,15-16H2,1H3,(H,22,24)/t18-/m0/s1. The second-order valence-corrected chi connectivity index (χ2v) is 9.79. The van der Waals surface area contributed by atoms with Gasteiger partial charge in [-0.3, -0.25) is 4.79 Å². The molecule has 1 aliphatic heterocycles. The minimum atomic E-state index is -3.62. The zero-order chi connectivity index (χ0) is 20.0. The number of amides is 1. The molecule has 1 amide bonds. The Morgan fingerprint density at radius 2 is 1.68 bits per heavy atom. The fourth-order valence-corrected chi connectivity index (χ4v) is 5.99. The van der Waals surface area contributed by atoms with Crippen molar-refractivity contribution in [3.05, 3.63) is 24.3 Å². The van der Waals surface area contributed by atoms with Crippen LogP contribution in [0.15, 0.2) is 29.2 Å². The molecule has 0 radical (unpaired) electrons. The molecule has 1 aromatic carbocycles. The smallest absolute Gasteiger partial charge is 0.243 e. The van der Waals surface area contributed by atoms with E-state index in [4.69, 9.17) is 4.74 Å². The quantitative estimate of drug-likeness (QED) is 0.732. The van der Waals surface area contributed by atoms with Crippen molar-refractivity contribution in [2.45, 2.75) is 81.2 Å². The zero-order valence-electron chi connectivity index (χ0n) is 16.7. The average Bonchev–Trinajstić information content (AvgIpc) is 2.97. The molecule has 6 nitrogen and oxygen atoms in total. The highest BCUT2D eigenvalue weighted by Gasteiger charge is 2.35. The molecule has 1 N–H and O–H groups in total. The molecule has 7 heteroatoms. The fraction of sp³-hybridized carbons (Fsp3) is 0.667. The molecule has 2 fully saturated rings. The third-order valence-electron chi connectivity index (χ3n) is 5.88. The Labute approximate surface area is 168 Å². The maximum atomic E-state index is 13.2. The van der Waals surface area contributed by atoms with E-state index in [0.29, 0.717) is 12.3 Å². The Kier molecular flexibility index (Phi) is 7.35. The van der Waals surface area contributed by atoms with Crippen LogP contribution in [-0.2, 0) is 14.8 Å². The monoisotopic (exact) mass is 408 g/mol. The van der Waals surface area contributed by atoms with Crippen molar-refractivity contribution in [1.82, 2.24) is 9.62 Å². The molecule has 2 aliphatic rings. The Bertz CT molecular complexity index is 740. The number of ether oxygens (including phenoxy) is 1. The second kappa shape index (κ2) is 9.74. The van der Waals surface area contributed by atoms with E-state index in [1.165, 1.54) is 17.1 Å². The lowest BCUT2D eigenvalue weighted by Gasteiger charge is -2.34. The highest BCUT2D eigenvalue weighted by molar-refractivity contribution is 7.89. The predicted octanol–water partition coefficient (Wildman–Crippen LogP) is 3.47. The van der Waals surface area contributed by atoms with Gasteiger partial charge in [0.1, 0.15) is 5.75 Å². The third kappa shape index (κ3) is 5.26. The van der Waals surface area contributed by atoms with Crippen LogP contribution in [0.2, 0.25) is 0 Å². The number of methoxy groups -OCH3 is 1. The number of carbonyl (C=O) groups excluding carboxylic acids is 1. The Morgan fingerprint density at radius 1 is 1.04 bits per heavy atom. The van der Waals surface area contributed by atoms with Crippen molar-refractivity contribution in [2.24, 2.45) is 0 Å². The van der Waals surface area contributed by atoms with Crippen molar-refractivity contribution >= 4 is 15.9 Å². The predicted molar refractivity (Wildman–Crippen MR) is 109 cm³/mol. The first kappa shape index (κ1) is 21.1. The Hall–Kier alpha value is -1.60. The lowest BCUT2D eigenvalue weighted by molar-refractivity contribution is -0.122. The van der Waals surface area contributed by atoms with Crippen molar-refractivity contribution in [3.63, 3.8) is 0 Å². The first-order chi connectivity index (χ1) is 13.5. The van der Waals surface area contributed by atoms with Crippen LogP contribution >= 0.6 is 0 Å². The molecule has 1 aliphatic carbocycles. The molecule has 156 valence electrons. The van der Waals surface area contributed by atoms with Crippen LogP contribution in [0.3, 0.4) is 0 Å². The summed E-state index contributed by atoms with van der Waals surface area (Å²) >= 11 is 0. The Balaban J connectivity index is 1.67.